The summed E-state index contributed by atoms with van der Waals surface area (Å²) in [6.45, 7) is 0.490. The van der Waals surface area contributed by atoms with E-state index in [1.54, 1.807) is 12.1 Å². The average Bonchev–Trinajstić information content (AvgIpc) is 3.00. The highest BCUT2D eigenvalue weighted by molar-refractivity contribution is 5.13. The van der Waals surface area contributed by atoms with Crippen molar-refractivity contribution in [3.63, 3.8) is 0 Å². The number of furan rings is 1. The van der Waals surface area contributed by atoms with Crippen LogP contribution in [0.1, 0.15) is 5.76 Å². The maximum atomic E-state index is 10.4. The van der Waals surface area contributed by atoms with E-state index in [1.165, 1.54) is 23.2 Å². The second-order valence-corrected chi connectivity index (χ2v) is 3.90. The third kappa shape index (κ3) is 3.90. The fourth-order valence-electron chi connectivity index (χ4n) is 1.51. The van der Waals surface area contributed by atoms with Crippen LogP contribution >= 0.6 is 0 Å². The van der Waals surface area contributed by atoms with Gasteiger partial charge in [-0.15, -0.1) is 0 Å². The van der Waals surface area contributed by atoms with Crippen molar-refractivity contribution in [2.75, 3.05) is 6.61 Å². The van der Waals surface area contributed by atoms with Crippen LogP contribution in [0.5, 0.6) is 0 Å². The zero-order chi connectivity index (χ0) is 13.7. The summed E-state index contributed by atoms with van der Waals surface area (Å²) in [6.07, 6.45) is 2.18. The number of hydrogen-bond acceptors (Lipinski definition) is 6. The van der Waals surface area contributed by atoms with Crippen molar-refractivity contribution in [1.82, 2.24) is 9.78 Å². The van der Waals surface area contributed by atoms with Crippen LogP contribution in [-0.2, 0) is 17.9 Å². The summed E-state index contributed by atoms with van der Waals surface area (Å²) >= 11 is 0. The van der Waals surface area contributed by atoms with Crippen molar-refractivity contribution in [3.05, 3.63) is 46.5 Å². The molecule has 19 heavy (non-hydrogen) atoms. The highest BCUT2D eigenvalue weighted by Crippen LogP contribution is 2.06. The average molecular weight is 267 g/mol. The largest absolute Gasteiger partial charge is 0.467 e. The molecule has 2 rings (SSSR count). The van der Waals surface area contributed by atoms with E-state index >= 15 is 0 Å². The van der Waals surface area contributed by atoms with Gasteiger partial charge in [-0.05, 0) is 17.1 Å². The highest BCUT2D eigenvalue weighted by Gasteiger charge is 2.14. The molecule has 1 unspecified atom stereocenters. The number of ether oxygens (including phenoxy) is 1. The molecule has 0 bridgehead atoms. The molecule has 0 amide bonds. The fourth-order valence-corrected chi connectivity index (χ4v) is 1.51. The molecule has 2 aromatic rings. The molecular formula is C11H13N3O5. The van der Waals surface area contributed by atoms with E-state index < -0.39 is 11.0 Å². The molecule has 0 saturated carbocycles. The molecule has 1 N–H and O–H groups in total. The van der Waals surface area contributed by atoms with Gasteiger partial charge in [-0.3, -0.25) is 0 Å². The molecule has 0 radical (unpaired) electrons. The van der Waals surface area contributed by atoms with E-state index in [0.717, 1.165) is 0 Å². The molecule has 0 saturated heterocycles. The monoisotopic (exact) mass is 267 g/mol. The molecule has 0 aliphatic carbocycles. The minimum absolute atomic E-state index is 0.0916. The number of nitrogens with zero attached hydrogens (tertiary/aromatic N) is 3. The Hall–Kier alpha value is -2.19. The molecule has 2 aromatic heterocycles. The van der Waals surface area contributed by atoms with Crippen molar-refractivity contribution >= 4 is 5.82 Å². The lowest BCUT2D eigenvalue weighted by Crippen LogP contribution is -2.22. The minimum Gasteiger partial charge on any atom is -0.467 e. The van der Waals surface area contributed by atoms with Crippen molar-refractivity contribution in [2.24, 2.45) is 0 Å². The number of aliphatic hydroxyl groups excluding tert-OH is 1. The van der Waals surface area contributed by atoms with Gasteiger partial charge in [0.2, 0.25) is 0 Å². The first kappa shape index (κ1) is 13.2. The van der Waals surface area contributed by atoms with Gasteiger partial charge in [0.1, 0.15) is 12.4 Å². The molecule has 0 aromatic carbocycles. The lowest BCUT2D eigenvalue weighted by atomic mass is 10.4. The van der Waals surface area contributed by atoms with Crippen LogP contribution in [0.4, 0.5) is 5.82 Å². The molecule has 0 aliphatic rings. The van der Waals surface area contributed by atoms with Crippen LogP contribution in [0.3, 0.4) is 0 Å². The van der Waals surface area contributed by atoms with Crippen molar-refractivity contribution in [1.29, 1.82) is 0 Å². The van der Waals surface area contributed by atoms with Gasteiger partial charge in [0.25, 0.3) is 0 Å². The summed E-state index contributed by atoms with van der Waals surface area (Å²) < 4.78 is 11.6. The van der Waals surface area contributed by atoms with Crippen molar-refractivity contribution < 1.29 is 19.2 Å². The topological polar surface area (TPSA) is 104 Å². The maximum Gasteiger partial charge on any atom is 0.389 e. The molecule has 1 atom stereocenters. The van der Waals surface area contributed by atoms with E-state index in [9.17, 15) is 15.2 Å². The first-order chi connectivity index (χ1) is 9.15. The van der Waals surface area contributed by atoms with Gasteiger partial charge in [0.05, 0.1) is 42.9 Å². The second-order valence-electron chi connectivity index (χ2n) is 3.90. The van der Waals surface area contributed by atoms with Gasteiger partial charge in [-0.2, -0.15) is 4.68 Å². The summed E-state index contributed by atoms with van der Waals surface area (Å²) in [5.74, 6) is 0.422. The Bertz CT molecular complexity index is 522. The van der Waals surface area contributed by atoms with Gasteiger partial charge >= 0.3 is 5.82 Å². The molecule has 0 aliphatic heterocycles. The van der Waals surface area contributed by atoms with Gasteiger partial charge in [-0.1, -0.05) is 0 Å². The van der Waals surface area contributed by atoms with Crippen molar-refractivity contribution in [3.8, 4) is 0 Å². The molecule has 8 nitrogen and oxygen atoms in total. The van der Waals surface area contributed by atoms with E-state index in [0.29, 0.717) is 5.76 Å². The predicted molar refractivity (Wildman–Crippen MR) is 63.3 cm³/mol. The molecular weight excluding hydrogens is 254 g/mol. The Balaban J connectivity index is 1.74. The van der Waals surface area contributed by atoms with Crippen LogP contribution in [-0.4, -0.2) is 32.5 Å². The quantitative estimate of drug-likeness (QED) is 0.592. The van der Waals surface area contributed by atoms with E-state index in [1.807, 2.05) is 0 Å². The van der Waals surface area contributed by atoms with Gasteiger partial charge < -0.3 is 24.4 Å². The summed E-state index contributed by atoms with van der Waals surface area (Å²) in [6, 6.07) is 4.79. The molecule has 0 spiro atoms. The van der Waals surface area contributed by atoms with Crippen LogP contribution < -0.4 is 0 Å². The number of aliphatic hydroxyl groups is 1. The molecule has 8 heteroatoms. The van der Waals surface area contributed by atoms with Crippen LogP contribution in [0.25, 0.3) is 0 Å². The Labute approximate surface area is 108 Å². The Morgan fingerprint density at radius 2 is 2.42 bits per heavy atom. The number of aromatic nitrogens is 2. The summed E-state index contributed by atoms with van der Waals surface area (Å²) in [5, 5.41) is 23.8. The Kier molecular flexibility index (Phi) is 4.26. The smallest absolute Gasteiger partial charge is 0.389 e. The number of hydrogen-bond donors (Lipinski definition) is 1. The minimum atomic E-state index is -0.797. The van der Waals surface area contributed by atoms with Gasteiger partial charge in [-0.25, -0.2) is 0 Å². The third-order valence-electron chi connectivity index (χ3n) is 2.35. The zero-order valence-electron chi connectivity index (χ0n) is 10.0. The maximum absolute atomic E-state index is 10.4. The molecule has 2 heterocycles. The normalized spacial score (nSPS) is 12.5. The number of rotatable bonds is 7. The number of nitro groups is 1. The molecule has 102 valence electrons. The highest BCUT2D eigenvalue weighted by atomic mass is 16.6. The van der Waals surface area contributed by atoms with E-state index in [-0.39, 0.29) is 25.6 Å². The zero-order valence-corrected chi connectivity index (χ0v) is 10.0. The van der Waals surface area contributed by atoms with E-state index in [4.69, 9.17) is 9.15 Å². The first-order valence-electron chi connectivity index (χ1n) is 5.61. The Morgan fingerprint density at radius 1 is 1.58 bits per heavy atom. The van der Waals surface area contributed by atoms with Gasteiger partial charge in [0, 0.05) is 0 Å². The predicted octanol–water partition coefficient (Wildman–Crippen LogP) is 0.962. The summed E-state index contributed by atoms with van der Waals surface area (Å²) in [4.78, 5) is 9.85. The van der Waals surface area contributed by atoms with E-state index in [2.05, 4.69) is 5.10 Å². The standard InChI is InChI=1S/C11H13N3O5/c15-9(7-18-8-10-2-1-5-19-10)6-13-4-3-11(12-13)14(16)17/h1-5,9,15H,6-8H2. The van der Waals surface area contributed by atoms with Crippen LogP contribution in [0, 0.1) is 10.1 Å². The van der Waals surface area contributed by atoms with Crippen molar-refractivity contribution in [2.45, 2.75) is 19.3 Å². The summed E-state index contributed by atoms with van der Waals surface area (Å²) in [7, 11) is 0. The van der Waals surface area contributed by atoms with Crippen LogP contribution in [0.2, 0.25) is 0 Å². The lowest BCUT2D eigenvalue weighted by Gasteiger charge is -2.08. The van der Waals surface area contributed by atoms with Crippen LogP contribution in [0.15, 0.2) is 35.1 Å². The fraction of sp³-hybridized carbons (Fsp3) is 0.364. The lowest BCUT2D eigenvalue weighted by molar-refractivity contribution is -0.389. The third-order valence-corrected chi connectivity index (χ3v) is 2.35. The molecule has 0 fully saturated rings. The SMILES string of the molecule is O=[N+]([O-])c1ccn(CC(O)COCc2ccco2)n1. The Morgan fingerprint density at radius 3 is 3.05 bits per heavy atom. The summed E-state index contributed by atoms with van der Waals surface area (Å²) in [5.41, 5.74) is 0. The first-order valence-corrected chi connectivity index (χ1v) is 5.61. The second kappa shape index (κ2) is 6.12. The van der Waals surface area contributed by atoms with Gasteiger partial charge in [0.15, 0.2) is 0 Å².